The molecule has 0 fully saturated rings. The second kappa shape index (κ2) is 8.53. The Morgan fingerprint density at radius 1 is 1.17 bits per heavy atom. The molecule has 0 atom stereocenters. The molecule has 120 valence electrons. The van der Waals surface area contributed by atoms with Crippen molar-refractivity contribution in [3.63, 3.8) is 0 Å². The molecule has 0 saturated carbocycles. The number of hydrogen-bond donors (Lipinski definition) is 1. The molecular weight excluding hydrogens is 294 g/mol. The highest BCUT2D eigenvalue weighted by atomic mass is 16.5. The van der Waals surface area contributed by atoms with Crippen LogP contribution in [0.4, 0.5) is 0 Å². The minimum absolute atomic E-state index is 0.156. The van der Waals surface area contributed by atoms with Crippen LogP contribution in [-0.2, 0) is 11.2 Å². The maximum absolute atomic E-state index is 11.8. The highest BCUT2D eigenvalue weighted by Gasteiger charge is 2.03. The van der Waals surface area contributed by atoms with Gasteiger partial charge in [0.25, 0.3) is 0 Å². The van der Waals surface area contributed by atoms with Gasteiger partial charge in [-0.25, -0.2) is 9.97 Å². The molecule has 1 amide bonds. The number of carbonyl (C=O) groups is 1. The van der Waals surface area contributed by atoms with Crippen molar-refractivity contribution in [1.29, 1.82) is 0 Å². The molecule has 1 heterocycles. The summed E-state index contributed by atoms with van der Waals surface area (Å²) in [6.45, 7) is 0.530. The van der Waals surface area contributed by atoms with E-state index in [4.69, 9.17) is 9.47 Å². The Bertz CT molecular complexity index is 672. The van der Waals surface area contributed by atoms with Gasteiger partial charge in [-0.15, -0.1) is 0 Å². The zero-order chi connectivity index (χ0) is 16.5. The first kappa shape index (κ1) is 16.5. The number of hydrogen-bond acceptors (Lipinski definition) is 5. The number of aromatic nitrogens is 2. The predicted octanol–water partition coefficient (Wildman–Crippen LogP) is 1.87. The van der Waals surface area contributed by atoms with Gasteiger partial charge in [0.15, 0.2) is 11.5 Å². The normalized spacial score (nSPS) is 10.5. The minimum Gasteiger partial charge on any atom is -0.493 e. The third kappa shape index (κ3) is 5.10. The van der Waals surface area contributed by atoms with Crippen molar-refractivity contribution in [3.8, 4) is 11.5 Å². The molecule has 23 heavy (non-hydrogen) atoms. The Morgan fingerprint density at radius 3 is 2.61 bits per heavy atom. The van der Waals surface area contributed by atoms with Crippen molar-refractivity contribution in [1.82, 2.24) is 15.3 Å². The van der Waals surface area contributed by atoms with Crippen LogP contribution in [0.2, 0.25) is 0 Å². The number of carbonyl (C=O) groups excluding carboxylic acids is 1. The Hall–Kier alpha value is -2.89. The molecule has 0 aliphatic rings. The average molecular weight is 313 g/mol. The molecule has 0 aliphatic carbocycles. The van der Waals surface area contributed by atoms with Gasteiger partial charge in [-0.05, 0) is 35.8 Å². The van der Waals surface area contributed by atoms with Crippen molar-refractivity contribution in [2.45, 2.75) is 6.42 Å². The lowest BCUT2D eigenvalue weighted by Crippen LogP contribution is -2.23. The van der Waals surface area contributed by atoms with Gasteiger partial charge in [0.1, 0.15) is 6.33 Å². The molecule has 6 heteroatoms. The van der Waals surface area contributed by atoms with Crippen LogP contribution in [0, 0.1) is 0 Å². The first-order valence-electron chi connectivity index (χ1n) is 7.14. The van der Waals surface area contributed by atoms with Gasteiger partial charge < -0.3 is 14.8 Å². The summed E-state index contributed by atoms with van der Waals surface area (Å²) < 4.78 is 10.4. The standard InChI is InChI=1S/C17H19N3O3/c1-22-15-5-3-13(9-16(15)23-2)4-6-17(21)20-8-7-14-10-18-12-19-11-14/h3-6,9-12H,7-8H2,1-2H3,(H,20,21). The Kier molecular flexibility index (Phi) is 6.11. The van der Waals surface area contributed by atoms with Crippen LogP contribution in [-0.4, -0.2) is 36.6 Å². The topological polar surface area (TPSA) is 73.3 Å². The molecular formula is C17H19N3O3. The molecule has 0 saturated heterocycles. The SMILES string of the molecule is COc1ccc(C=CC(=O)NCCc2cncnc2)cc1OC. The van der Waals surface area contributed by atoms with Gasteiger partial charge in [0.05, 0.1) is 14.2 Å². The summed E-state index contributed by atoms with van der Waals surface area (Å²) in [6.07, 6.45) is 8.85. The summed E-state index contributed by atoms with van der Waals surface area (Å²) in [7, 11) is 3.16. The summed E-state index contributed by atoms with van der Waals surface area (Å²) in [5.41, 5.74) is 1.84. The molecule has 0 unspecified atom stereocenters. The largest absolute Gasteiger partial charge is 0.493 e. The minimum atomic E-state index is -0.156. The molecule has 1 aromatic heterocycles. The maximum Gasteiger partial charge on any atom is 0.244 e. The summed E-state index contributed by atoms with van der Waals surface area (Å²) in [5, 5.41) is 2.82. The first-order chi connectivity index (χ1) is 11.2. The highest BCUT2D eigenvalue weighted by Crippen LogP contribution is 2.27. The lowest BCUT2D eigenvalue weighted by Gasteiger charge is -2.07. The molecule has 2 aromatic rings. The van der Waals surface area contributed by atoms with Gasteiger partial charge in [0, 0.05) is 25.0 Å². The highest BCUT2D eigenvalue weighted by molar-refractivity contribution is 5.91. The number of nitrogens with zero attached hydrogens (tertiary/aromatic N) is 2. The Morgan fingerprint density at radius 2 is 1.91 bits per heavy atom. The quantitative estimate of drug-likeness (QED) is 0.790. The van der Waals surface area contributed by atoms with E-state index in [-0.39, 0.29) is 5.91 Å². The van der Waals surface area contributed by atoms with Gasteiger partial charge in [-0.2, -0.15) is 0 Å². The van der Waals surface area contributed by atoms with Crippen molar-refractivity contribution in [3.05, 3.63) is 54.1 Å². The fourth-order valence-electron chi connectivity index (χ4n) is 1.98. The summed E-state index contributed by atoms with van der Waals surface area (Å²) >= 11 is 0. The van der Waals surface area contributed by atoms with E-state index in [0.29, 0.717) is 24.5 Å². The number of amides is 1. The van der Waals surface area contributed by atoms with Crippen LogP contribution in [0.15, 0.2) is 43.0 Å². The van der Waals surface area contributed by atoms with E-state index in [1.54, 1.807) is 38.8 Å². The van der Waals surface area contributed by atoms with E-state index in [1.807, 2.05) is 12.1 Å². The zero-order valence-electron chi connectivity index (χ0n) is 13.2. The van der Waals surface area contributed by atoms with E-state index in [2.05, 4.69) is 15.3 Å². The van der Waals surface area contributed by atoms with E-state index >= 15 is 0 Å². The Balaban J connectivity index is 1.86. The van der Waals surface area contributed by atoms with Crippen molar-refractivity contribution in [2.24, 2.45) is 0 Å². The fraction of sp³-hybridized carbons (Fsp3) is 0.235. The molecule has 0 bridgehead atoms. The molecule has 0 aliphatic heterocycles. The van der Waals surface area contributed by atoms with E-state index in [0.717, 1.165) is 11.1 Å². The number of nitrogens with one attached hydrogen (secondary N) is 1. The second-order valence-corrected chi connectivity index (χ2v) is 4.74. The Labute approximate surface area is 135 Å². The zero-order valence-corrected chi connectivity index (χ0v) is 13.2. The number of rotatable bonds is 7. The third-order valence-electron chi connectivity index (χ3n) is 3.16. The fourth-order valence-corrected chi connectivity index (χ4v) is 1.98. The number of ether oxygens (including phenoxy) is 2. The third-order valence-corrected chi connectivity index (χ3v) is 3.16. The van der Waals surface area contributed by atoms with E-state index in [9.17, 15) is 4.79 Å². The van der Waals surface area contributed by atoms with Crippen LogP contribution in [0.25, 0.3) is 6.08 Å². The maximum atomic E-state index is 11.8. The van der Waals surface area contributed by atoms with Crippen molar-refractivity contribution < 1.29 is 14.3 Å². The lowest BCUT2D eigenvalue weighted by atomic mass is 10.2. The molecule has 6 nitrogen and oxygen atoms in total. The first-order valence-corrected chi connectivity index (χ1v) is 7.14. The smallest absolute Gasteiger partial charge is 0.244 e. The molecule has 1 aromatic carbocycles. The molecule has 1 N–H and O–H groups in total. The van der Waals surface area contributed by atoms with Crippen LogP contribution in [0.1, 0.15) is 11.1 Å². The molecule has 0 radical (unpaired) electrons. The number of benzene rings is 1. The number of methoxy groups -OCH3 is 2. The molecule has 0 spiro atoms. The lowest BCUT2D eigenvalue weighted by molar-refractivity contribution is -0.116. The van der Waals surface area contributed by atoms with Gasteiger partial charge >= 0.3 is 0 Å². The van der Waals surface area contributed by atoms with Crippen LogP contribution >= 0.6 is 0 Å². The summed E-state index contributed by atoms with van der Waals surface area (Å²) in [5.74, 6) is 1.12. The van der Waals surface area contributed by atoms with E-state index < -0.39 is 0 Å². The van der Waals surface area contributed by atoms with Crippen LogP contribution in [0.3, 0.4) is 0 Å². The summed E-state index contributed by atoms with van der Waals surface area (Å²) in [4.78, 5) is 19.7. The monoisotopic (exact) mass is 313 g/mol. The van der Waals surface area contributed by atoms with E-state index in [1.165, 1.54) is 12.4 Å². The average Bonchev–Trinajstić information content (AvgIpc) is 2.60. The van der Waals surface area contributed by atoms with Crippen LogP contribution < -0.4 is 14.8 Å². The van der Waals surface area contributed by atoms with Crippen molar-refractivity contribution >= 4 is 12.0 Å². The van der Waals surface area contributed by atoms with Gasteiger partial charge in [-0.3, -0.25) is 4.79 Å². The van der Waals surface area contributed by atoms with Gasteiger partial charge in [-0.1, -0.05) is 6.07 Å². The van der Waals surface area contributed by atoms with Crippen molar-refractivity contribution in [2.75, 3.05) is 20.8 Å². The van der Waals surface area contributed by atoms with Gasteiger partial charge in [0.2, 0.25) is 5.91 Å². The second-order valence-electron chi connectivity index (χ2n) is 4.74. The summed E-state index contributed by atoms with van der Waals surface area (Å²) in [6, 6.07) is 5.46. The predicted molar refractivity (Wildman–Crippen MR) is 87.3 cm³/mol. The van der Waals surface area contributed by atoms with Crippen LogP contribution in [0.5, 0.6) is 11.5 Å². The molecule has 2 rings (SSSR count).